The third kappa shape index (κ3) is 5.01. The number of carbonyl (C=O) groups is 1. The summed E-state index contributed by atoms with van der Waals surface area (Å²) in [7, 11) is -1.61. The highest BCUT2D eigenvalue weighted by molar-refractivity contribution is 7.85. The Morgan fingerprint density at radius 3 is 2.52 bits per heavy atom. The summed E-state index contributed by atoms with van der Waals surface area (Å²) in [5.41, 5.74) is 4.19. The van der Waals surface area contributed by atoms with Crippen molar-refractivity contribution >= 4 is 44.6 Å². The maximum Gasteiger partial charge on any atom is 0.281 e. The molecule has 0 bridgehead atoms. The molecule has 2 aromatic heterocycles. The van der Waals surface area contributed by atoms with Crippen LogP contribution in [0.5, 0.6) is 0 Å². The van der Waals surface area contributed by atoms with Gasteiger partial charge in [0.1, 0.15) is 10.8 Å². The summed E-state index contributed by atoms with van der Waals surface area (Å²) in [6.45, 7) is 7.15. The summed E-state index contributed by atoms with van der Waals surface area (Å²) in [5, 5.41) is 10.8. The van der Waals surface area contributed by atoms with Crippen LogP contribution in [-0.2, 0) is 15.6 Å². The molecule has 40 heavy (non-hydrogen) atoms. The standard InChI is InChI=1S/C29H29N7O3S/c1-19-8-11-25(20(2)16-19)40(39)29-27-31-28(38)23-10-9-22(17-24(23)36(27)33-32-29)35-14-12-34(13-15-35)18-26(37)30-21-6-4-3-5-7-21/h3-11,16-17,33H,12-15,18H2,1-2H3,(H,30,37). The molecule has 1 aliphatic rings. The maximum atomic E-state index is 13.5. The number of aromatic nitrogens is 4. The Morgan fingerprint density at radius 1 is 1.00 bits per heavy atom. The Hall–Kier alpha value is -4.35. The Bertz CT molecular complexity index is 1810. The molecular weight excluding hydrogens is 526 g/mol. The fourth-order valence-electron chi connectivity index (χ4n) is 5.12. The lowest BCUT2D eigenvalue weighted by Crippen LogP contribution is -2.48. The van der Waals surface area contributed by atoms with Gasteiger partial charge < -0.3 is 10.2 Å². The fraction of sp³-hybridized carbons (Fsp3) is 0.241. The molecule has 0 radical (unpaired) electrons. The van der Waals surface area contributed by atoms with E-state index in [1.54, 1.807) is 10.6 Å². The van der Waals surface area contributed by atoms with Gasteiger partial charge in [0, 0.05) is 42.4 Å². The first-order valence-corrected chi connectivity index (χ1v) is 14.2. The summed E-state index contributed by atoms with van der Waals surface area (Å²) in [6, 6.07) is 20.8. The van der Waals surface area contributed by atoms with Crippen molar-refractivity contribution in [3.05, 3.63) is 88.2 Å². The number of carbonyl (C=O) groups excluding carboxylic acids is 1. The average Bonchev–Trinajstić information content (AvgIpc) is 3.37. The number of piperazine rings is 1. The number of hydrogen-bond donors (Lipinski definition) is 2. The minimum Gasteiger partial charge on any atom is -0.369 e. The molecule has 6 rings (SSSR count). The Labute approximate surface area is 233 Å². The van der Waals surface area contributed by atoms with Crippen molar-refractivity contribution < 1.29 is 9.00 Å². The van der Waals surface area contributed by atoms with Gasteiger partial charge in [-0.25, -0.2) is 13.9 Å². The van der Waals surface area contributed by atoms with Crippen LogP contribution in [-0.4, -0.2) is 67.6 Å². The van der Waals surface area contributed by atoms with E-state index in [9.17, 15) is 13.8 Å². The SMILES string of the molecule is Cc1ccc(S(=O)c2n[nH]n3c2nc(=O)c2ccc(N4CCN(CC(=O)Nc5ccccc5)CC4)cc23)c(C)c1. The van der Waals surface area contributed by atoms with Crippen molar-refractivity contribution in [2.75, 3.05) is 42.9 Å². The largest absolute Gasteiger partial charge is 0.369 e. The van der Waals surface area contributed by atoms with Gasteiger partial charge in [0.2, 0.25) is 5.91 Å². The Morgan fingerprint density at radius 2 is 1.77 bits per heavy atom. The third-order valence-corrected chi connectivity index (χ3v) is 8.67. The number of fused-ring (bicyclic) bond motifs is 3. The van der Waals surface area contributed by atoms with E-state index in [2.05, 4.69) is 30.4 Å². The number of H-pyrrole nitrogens is 1. The molecule has 1 fully saturated rings. The number of benzene rings is 3. The van der Waals surface area contributed by atoms with Gasteiger partial charge in [0.15, 0.2) is 10.7 Å². The van der Waals surface area contributed by atoms with Crippen LogP contribution in [0.3, 0.4) is 0 Å². The molecule has 3 aromatic carbocycles. The van der Waals surface area contributed by atoms with E-state index in [1.807, 2.05) is 74.5 Å². The molecule has 5 aromatic rings. The molecule has 0 aliphatic carbocycles. The molecule has 204 valence electrons. The van der Waals surface area contributed by atoms with Crippen molar-refractivity contribution in [3.8, 4) is 0 Å². The van der Waals surface area contributed by atoms with Crippen molar-refractivity contribution in [3.63, 3.8) is 0 Å². The molecule has 10 nitrogen and oxygen atoms in total. The van der Waals surface area contributed by atoms with Crippen LogP contribution in [0.25, 0.3) is 16.6 Å². The highest BCUT2D eigenvalue weighted by atomic mass is 32.2. The molecule has 1 saturated heterocycles. The summed E-state index contributed by atoms with van der Waals surface area (Å²) in [6.07, 6.45) is 0. The molecule has 0 spiro atoms. The summed E-state index contributed by atoms with van der Waals surface area (Å²) >= 11 is 0. The van der Waals surface area contributed by atoms with Gasteiger partial charge in [-0.3, -0.25) is 14.5 Å². The van der Waals surface area contributed by atoms with Gasteiger partial charge >= 0.3 is 0 Å². The topological polar surface area (TPSA) is 116 Å². The van der Waals surface area contributed by atoms with Crippen LogP contribution in [0.4, 0.5) is 11.4 Å². The number of rotatable bonds is 6. The first kappa shape index (κ1) is 25.9. The second-order valence-corrected chi connectivity index (χ2v) is 11.4. The number of para-hydroxylation sites is 1. The number of hydrogen-bond acceptors (Lipinski definition) is 7. The molecule has 2 N–H and O–H groups in total. The van der Waals surface area contributed by atoms with Crippen LogP contribution < -0.4 is 15.8 Å². The van der Waals surface area contributed by atoms with E-state index in [4.69, 9.17) is 0 Å². The van der Waals surface area contributed by atoms with Crippen LogP contribution in [0.15, 0.2) is 81.4 Å². The molecular formula is C29H29N7O3S. The summed E-state index contributed by atoms with van der Waals surface area (Å²) < 4.78 is 15.1. The molecule has 1 amide bonds. The number of aryl methyl sites for hydroxylation is 2. The highest BCUT2D eigenvalue weighted by Gasteiger charge is 2.23. The zero-order valence-corrected chi connectivity index (χ0v) is 23.1. The second kappa shape index (κ2) is 10.7. The zero-order valence-electron chi connectivity index (χ0n) is 22.3. The Balaban J connectivity index is 1.22. The quantitative estimate of drug-likeness (QED) is 0.331. The van der Waals surface area contributed by atoms with Crippen LogP contribution in [0, 0.1) is 13.8 Å². The zero-order chi connectivity index (χ0) is 27.8. The molecule has 1 unspecified atom stereocenters. The second-order valence-electron chi connectivity index (χ2n) is 10.0. The maximum absolute atomic E-state index is 13.5. The first-order chi connectivity index (χ1) is 19.4. The average molecular weight is 556 g/mol. The van der Waals surface area contributed by atoms with Crippen LogP contribution in [0.2, 0.25) is 0 Å². The van der Waals surface area contributed by atoms with Crippen molar-refractivity contribution in [1.29, 1.82) is 0 Å². The first-order valence-electron chi connectivity index (χ1n) is 13.1. The molecule has 3 heterocycles. The van der Waals surface area contributed by atoms with E-state index in [1.165, 1.54) is 0 Å². The predicted octanol–water partition coefficient (Wildman–Crippen LogP) is 3.12. The number of aromatic amines is 1. The number of anilines is 2. The van der Waals surface area contributed by atoms with Gasteiger partial charge in [-0.05, 0) is 55.8 Å². The van der Waals surface area contributed by atoms with E-state index in [-0.39, 0.29) is 16.6 Å². The number of amides is 1. The third-order valence-electron chi connectivity index (χ3n) is 7.18. The highest BCUT2D eigenvalue weighted by Crippen LogP contribution is 2.25. The lowest BCUT2D eigenvalue weighted by atomic mass is 10.2. The van der Waals surface area contributed by atoms with E-state index < -0.39 is 16.4 Å². The predicted molar refractivity (Wildman–Crippen MR) is 155 cm³/mol. The number of nitrogens with zero attached hydrogens (tertiary/aromatic N) is 5. The summed E-state index contributed by atoms with van der Waals surface area (Å²) in [5.74, 6) is -0.0344. The van der Waals surface area contributed by atoms with Gasteiger partial charge in [-0.15, -0.1) is 5.10 Å². The van der Waals surface area contributed by atoms with Gasteiger partial charge in [-0.2, -0.15) is 4.98 Å². The minimum absolute atomic E-state index is 0.0344. The molecule has 11 heteroatoms. The van der Waals surface area contributed by atoms with E-state index in [0.29, 0.717) is 22.3 Å². The van der Waals surface area contributed by atoms with Gasteiger partial charge in [0.05, 0.1) is 17.4 Å². The van der Waals surface area contributed by atoms with Crippen LogP contribution >= 0.6 is 0 Å². The molecule has 0 saturated carbocycles. The van der Waals surface area contributed by atoms with Gasteiger partial charge in [-0.1, -0.05) is 35.9 Å². The number of nitrogens with one attached hydrogen (secondary N) is 2. The van der Waals surface area contributed by atoms with Crippen LogP contribution in [0.1, 0.15) is 11.1 Å². The Kier molecular flexibility index (Phi) is 6.91. The van der Waals surface area contributed by atoms with E-state index >= 15 is 0 Å². The van der Waals surface area contributed by atoms with Gasteiger partial charge in [0.25, 0.3) is 5.56 Å². The monoisotopic (exact) mass is 555 g/mol. The molecule has 1 atom stereocenters. The lowest BCUT2D eigenvalue weighted by molar-refractivity contribution is -0.117. The fourth-order valence-corrected chi connectivity index (χ4v) is 6.30. The van der Waals surface area contributed by atoms with Crippen molar-refractivity contribution in [1.82, 2.24) is 24.7 Å². The smallest absolute Gasteiger partial charge is 0.281 e. The molecule has 1 aliphatic heterocycles. The minimum atomic E-state index is -1.61. The lowest BCUT2D eigenvalue weighted by Gasteiger charge is -2.35. The van der Waals surface area contributed by atoms with Crippen molar-refractivity contribution in [2.45, 2.75) is 23.8 Å². The van der Waals surface area contributed by atoms with Crippen molar-refractivity contribution in [2.24, 2.45) is 0 Å². The normalized spacial score (nSPS) is 15.0. The summed E-state index contributed by atoms with van der Waals surface area (Å²) in [4.78, 5) is 34.7. The van der Waals surface area contributed by atoms with E-state index in [0.717, 1.165) is 48.7 Å².